The molecule has 1 aromatic heterocycles. The number of benzene rings is 1. The molecule has 0 fully saturated rings. The second-order valence-corrected chi connectivity index (χ2v) is 4.46. The molecule has 0 radical (unpaired) electrons. The first-order chi connectivity index (χ1) is 9.65. The fourth-order valence-corrected chi connectivity index (χ4v) is 2.05. The summed E-state index contributed by atoms with van der Waals surface area (Å²) in [5, 5.41) is 0. The Morgan fingerprint density at radius 2 is 1.95 bits per heavy atom. The zero-order valence-corrected chi connectivity index (χ0v) is 11.6. The van der Waals surface area contributed by atoms with E-state index in [2.05, 4.69) is 9.97 Å². The Hall–Kier alpha value is -2.04. The summed E-state index contributed by atoms with van der Waals surface area (Å²) in [6, 6.07) is 6.29. The Kier molecular flexibility index (Phi) is 4.61. The normalized spacial score (nSPS) is 10.6. The molecule has 5 heteroatoms. The monoisotopic (exact) mass is 277 g/mol. The van der Waals surface area contributed by atoms with E-state index in [0.717, 1.165) is 5.56 Å². The molecule has 2 aromatic rings. The first kappa shape index (κ1) is 14.4. The molecule has 0 unspecified atom stereocenters. The molecule has 0 amide bonds. The molecule has 1 aromatic carbocycles. The van der Waals surface area contributed by atoms with Crippen molar-refractivity contribution in [3.63, 3.8) is 0 Å². The Bertz CT molecular complexity index is 587. The highest BCUT2D eigenvalue weighted by Crippen LogP contribution is 2.20. The van der Waals surface area contributed by atoms with Gasteiger partial charge in [-0.25, -0.2) is 18.7 Å². The minimum Gasteiger partial charge on any atom is -0.350 e. The van der Waals surface area contributed by atoms with Gasteiger partial charge in [-0.1, -0.05) is 19.1 Å². The van der Waals surface area contributed by atoms with Crippen LogP contribution in [0, 0.1) is 11.6 Å². The van der Waals surface area contributed by atoms with Gasteiger partial charge >= 0.3 is 0 Å². The number of aromatic nitrogens is 2. The number of hydrogen-bond acceptors (Lipinski definition) is 3. The summed E-state index contributed by atoms with van der Waals surface area (Å²) in [5.41, 5.74) is 1.18. The number of nitrogens with zero attached hydrogens (tertiary/aromatic N) is 3. The third-order valence-corrected chi connectivity index (χ3v) is 3.12. The van der Waals surface area contributed by atoms with Gasteiger partial charge in [0, 0.05) is 13.1 Å². The molecule has 20 heavy (non-hydrogen) atoms. The van der Waals surface area contributed by atoms with Crippen LogP contribution in [0.5, 0.6) is 0 Å². The van der Waals surface area contributed by atoms with Crippen molar-refractivity contribution < 1.29 is 8.78 Å². The Morgan fingerprint density at radius 3 is 2.60 bits per heavy atom. The van der Waals surface area contributed by atoms with Crippen molar-refractivity contribution in [2.45, 2.75) is 26.8 Å². The number of anilines is 1. The summed E-state index contributed by atoms with van der Waals surface area (Å²) in [7, 11) is 0. The molecule has 0 aliphatic carbocycles. The fourth-order valence-electron chi connectivity index (χ4n) is 2.05. The summed E-state index contributed by atoms with van der Waals surface area (Å²) in [5.74, 6) is -0.423. The Labute approximate surface area is 117 Å². The van der Waals surface area contributed by atoms with E-state index in [4.69, 9.17) is 0 Å². The second-order valence-electron chi connectivity index (χ2n) is 4.46. The van der Waals surface area contributed by atoms with E-state index in [1.165, 1.54) is 18.5 Å². The smallest absolute Gasteiger partial charge is 0.187 e. The molecular formula is C15H17F2N3. The quantitative estimate of drug-likeness (QED) is 0.839. The molecule has 2 rings (SSSR count). The summed E-state index contributed by atoms with van der Waals surface area (Å²) >= 11 is 0. The van der Waals surface area contributed by atoms with Crippen LogP contribution in [0.25, 0.3) is 0 Å². The maximum Gasteiger partial charge on any atom is 0.187 e. The lowest BCUT2D eigenvalue weighted by Gasteiger charge is -2.22. The van der Waals surface area contributed by atoms with Gasteiger partial charge in [0.2, 0.25) is 0 Å². The molecule has 0 spiro atoms. The third kappa shape index (κ3) is 3.10. The van der Waals surface area contributed by atoms with Gasteiger partial charge in [0.05, 0.1) is 5.69 Å². The first-order valence-corrected chi connectivity index (χ1v) is 6.64. The van der Waals surface area contributed by atoms with Gasteiger partial charge in [-0.2, -0.15) is 0 Å². The van der Waals surface area contributed by atoms with E-state index < -0.39 is 5.82 Å². The molecule has 0 aliphatic rings. The molecule has 0 saturated heterocycles. The molecule has 106 valence electrons. The van der Waals surface area contributed by atoms with E-state index in [9.17, 15) is 8.78 Å². The molecule has 3 nitrogen and oxygen atoms in total. The zero-order chi connectivity index (χ0) is 14.5. The number of aryl methyl sites for hydroxylation is 1. The van der Waals surface area contributed by atoms with E-state index in [1.807, 2.05) is 19.9 Å². The highest BCUT2D eigenvalue weighted by Gasteiger charge is 2.15. The van der Waals surface area contributed by atoms with Gasteiger partial charge in [0.15, 0.2) is 11.6 Å². The fraction of sp³-hybridized carbons (Fsp3) is 0.333. The van der Waals surface area contributed by atoms with Crippen molar-refractivity contribution in [3.8, 4) is 0 Å². The van der Waals surface area contributed by atoms with E-state index >= 15 is 0 Å². The lowest BCUT2D eigenvalue weighted by molar-refractivity contribution is 0.582. The topological polar surface area (TPSA) is 29.0 Å². The summed E-state index contributed by atoms with van der Waals surface area (Å²) < 4.78 is 27.5. The van der Waals surface area contributed by atoms with Crippen LogP contribution < -0.4 is 4.90 Å². The van der Waals surface area contributed by atoms with Gasteiger partial charge in [-0.3, -0.25) is 0 Å². The van der Waals surface area contributed by atoms with Gasteiger partial charge in [0.25, 0.3) is 0 Å². The van der Waals surface area contributed by atoms with Crippen LogP contribution in [0.4, 0.5) is 14.6 Å². The average Bonchev–Trinajstić information content (AvgIpc) is 2.45. The maximum atomic E-state index is 14.3. The maximum absolute atomic E-state index is 14.3. The molecule has 1 heterocycles. The van der Waals surface area contributed by atoms with E-state index in [-0.39, 0.29) is 11.6 Å². The average molecular weight is 277 g/mol. The molecule has 0 N–H and O–H groups in total. The van der Waals surface area contributed by atoms with Crippen LogP contribution in [-0.4, -0.2) is 16.5 Å². The van der Waals surface area contributed by atoms with Crippen molar-refractivity contribution in [1.82, 2.24) is 9.97 Å². The number of hydrogen-bond donors (Lipinski definition) is 0. The molecular weight excluding hydrogens is 260 g/mol. The van der Waals surface area contributed by atoms with Crippen LogP contribution >= 0.6 is 0 Å². The van der Waals surface area contributed by atoms with Crippen LogP contribution in [0.3, 0.4) is 0 Å². The van der Waals surface area contributed by atoms with Crippen molar-refractivity contribution in [3.05, 3.63) is 53.5 Å². The van der Waals surface area contributed by atoms with Crippen LogP contribution in [0.15, 0.2) is 30.6 Å². The molecule has 0 aliphatic heterocycles. The van der Waals surface area contributed by atoms with Crippen molar-refractivity contribution in [2.24, 2.45) is 0 Å². The van der Waals surface area contributed by atoms with Crippen molar-refractivity contribution in [1.29, 1.82) is 0 Å². The number of rotatable bonds is 5. The predicted molar refractivity (Wildman–Crippen MR) is 74.5 cm³/mol. The highest BCUT2D eigenvalue weighted by atomic mass is 19.1. The minimum absolute atomic E-state index is 0.267. The third-order valence-electron chi connectivity index (χ3n) is 3.12. The van der Waals surface area contributed by atoms with Gasteiger partial charge in [0.1, 0.15) is 12.1 Å². The zero-order valence-electron chi connectivity index (χ0n) is 11.6. The predicted octanol–water partition coefficient (Wildman–Crippen LogP) is 3.34. The minimum atomic E-state index is -0.395. The van der Waals surface area contributed by atoms with Crippen molar-refractivity contribution in [2.75, 3.05) is 11.4 Å². The van der Waals surface area contributed by atoms with Crippen LogP contribution in [0.2, 0.25) is 0 Å². The highest BCUT2D eigenvalue weighted by molar-refractivity contribution is 5.42. The largest absolute Gasteiger partial charge is 0.350 e. The lowest BCUT2D eigenvalue weighted by atomic mass is 10.2. The molecule has 0 bridgehead atoms. The molecule has 0 saturated carbocycles. The van der Waals surface area contributed by atoms with E-state index in [0.29, 0.717) is 25.2 Å². The first-order valence-electron chi connectivity index (χ1n) is 6.64. The van der Waals surface area contributed by atoms with Gasteiger partial charge < -0.3 is 4.90 Å². The second kappa shape index (κ2) is 6.41. The standard InChI is InChI=1S/C15H17F2N3/c1-3-13-14(17)15(19-10-18-13)20(4-2)9-11-6-5-7-12(16)8-11/h5-8,10H,3-4,9H2,1-2H3. The van der Waals surface area contributed by atoms with Gasteiger partial charge in [-0.05, 0) is 31.0 Å². The van der Waals surface area contributed by atoms with Crippen LogP contribution in [0.1, 0.15) is 25.1 Å². The summed E-state index contributed by atoms with van der Waals surface area (Å²) in [4.78, 5) is 9.71. The summed E-state index contributed by atoms with van der Waals surface area (Å²) in [6.45, 7) is 4.74. The van der Waals surface area contributed by atoms with Gasteiger partial charge in [-0.15, -0.1) is 0 Å². The summed E-state index contributed by atoms with van der Waals surface area (Å²) in [6.07, 6.45) is 1.88. The SMILES string of the molecule is CCc1ncnc(N(CC)Cc2cccc(F)c2)c1F. The lowest BCUT2D eigenvalue weighted by Crippen LogP contribution is -2.25. The van der Waals surface area contributed by atoms with Crippen molar-refractivity contribution >= 4 is 5.82 Å². The number of halogens is 2. The molecule has 0 atom stereocenters. The van der Waals surface area contributed by atoms with Crippen LogP contribution in [-0.2, 0) is 13.0 Å². The Balaban J connectivity index is 2.29. The van der Waals surface area contributed by atoms with E-state index in [1.54, 1.807) is 11.0 Å². The Morgan fingerprint density at radius 1 is 1.15 bits per heavy atom.